The molecule has 0 spiro atoms. The highest BCUT2D eigenvalue weighted by molar-refractivity contribution is 5.94. The van der Waals surface area contributed by atoms with Crippen LogP contribution in [-0.2, 0) is 16.0 Å². The lowest BCUT2D eigenvalue weighted by atomic mass is 10.2. The molecule has 0 saturated carbocycles. The van der Waals surface area contributed by atoms with Crippen LogP contribution in [-0.4, -0.2) is 29.6 Å². The van der Waals surface area contributed by atoms with Crippen LogP contribution in [0.2, 0.25) is 0 Å². The minimum Gasteiger partial charge on any atom is -0.481 e. The van der Waals surface area contributed by atoms with Gasteiger partial charge in [-0.2, -0.15) is 0 Å². The minimum atomic E-state index is -0.962. The first-order valence-electron chi connectivity index (χ1n) is 5.90. The Kier molecular flexibility index (Phi) is 6.14. The third kappa shape index (κ3) is 6.87. The summed E-state index contributed by atoms with van der Waals surface area (Å²) in [6.07, 6.45) is 2.21. The van der Waals surface area contributed by atoms with Crippen molar-refractivity contribution in [3.8, 4) is 0 Å². The molecule has 1 aromatic rings. The molecule has 0 aromatic carbocycles. The van der Waals surface area contributed by atoms with Crippen molar-refractivity contribution < 1.29 is 23.9 Å². The zero-order valence-electron chi connectivity index (χ0n) is 10.3. The Labute approximate surface area is 110 Å². The van der Waals surface area contributed by atoms with Crippen molar-refractivity contribution in [1.29, 1.82) is 0 Å². The van der Waals surface area contributed by atoms with Gasteiger partial charge in [0.05, 0.1) is 6.26 Å². The first-order chi connectivity index (χ1) is 9.08. The first kappa shape index (κ1) is 14.7. The van der Waals surface area contributed by atoms with E-state index < -0.39 is 17.9 Å². The summed E-state index contributed by atoms with van der Waals surface area (Å²) in [6, 6.07) is 2.95. The van der Waals surface area contributed by atoms with Crippen molar-refractivity contribution in [3.63, 3.8) is 0 Å². The van der Waals surface area contributed by atoms with Crippen LogP contribution in [0.15, 0.2) is 22.8 Å². The Hall–Kier alpha value is -2.31. The molecule has 0 saturated heterocycles. The van der Waals surface area contributed by atoms with Gasteiger partial charge >= 0.3 is 12.0 Å². The summed E-state index contributed by atoms with van der Waals surface area (Å²) in [6.45, 7) is 0.349. The van der Waals surface area contributed by atoms with E-state index in [1.54, 1.807) is 18.4 Å². The van der Waals surface area contributed by atoms with E-state index >= 15 is 0 Å². The number of carboxylic acids is 1. The molecule has 0 fully saturated rings. The molecule has 0 aliphatic carbocycles. The Morgan fingerprint density at radius 3 is 2.68 bits per heavy atom. The molecule has 0 aliphatic rings. The average molecular weight is 268 g/mol. The van der Waals surface area contributed by atoms with E-state index in [0.29, 0.717) is 13.0 Å². The van der Waals surface area contributed by atoms with Crippen LogP contribution < -0.4 is 10.6 Å². The Morgan fingerprint density at radius 1 is 1.26 bits per heavy atom. The Balaban J connectivity index is 2.09. The van der Waals surface area contributed by atoms with Gasteiger partial charge in [-0.05, 0) is 18.6 Å². The van der Waals surface area contributed by atoms with Crippen LogP contribution >= 0.6 is 0 Å². The molecule has 0 atom stereocenters. The van der Waals surface area contributed by atoms with Crippen molar-refractivity contribution in [2.24, 2.45) is 0 Å². The van der Waals surface area contributed by atoms with Gasteiger partial charge in [0.1, 0.15) is 5.76 Å². The molecule has 1 heterocycles. The quantitative estimate of drug-likeness (QED) is 0.680. The molecular formula is C12H16N2O5. The number of imide groups is 1. The van der Waals surface area contributed by atoms with E-state index in [2.05, 4.69) is 10.6 Å². The summed E-state index contributed by atoms with van der Waals surface area (Å²) in [7, 11) is 0. The van der Waals surface area contributed by atoms with Crippen LogP contribution in [0.1, 0.15) is 25.0 Å². The first-order valence-corrected chi connectivity index (χ1v) is 5.90. The Bertz CT molecular complexity index is 427. The standard InChI is InChI=1S/C12H16N2O5/c15-10(4-1-5-11(16)17)14-12(18)13-7-6-9-3-2-8-19-9/h2-3,8H,1,4-7H2,(H,16,17)(H2,13,14,15,18). The summed E-state index contributed by atoms with van der Waals surface area (Å²) in [5, 5.41) is 13.0. The molecule has 0 aliphatic heterocycles. The van der Waals surface area contributed by atoms with E-state index in [4.69, 9.17) is 9.52 Å². The van der Waals surface area contributed by atoms with Crippen molar-refractivity contribution in [3.05, 3.63) is 24.2 Å². The summed E-state index contributed by atoms with van der Waals surface area (Å²) in [5.41, 5.74) is 0. The highest BCUT2D eigenvalue weighted by Crippen LogP contribution is 1.99. The van der Waals surface area contributed by atoms with Crippen molar-refractivity contribution in [2.75, 3.05) is 6.54 Å². The van der Waals surface area contributed by atoms with E-state index in [9.17, 15) is 14.4 Å². The number of rotatable bonds is 7. The molecule has 1 aromatic heterocycles. The fourth-order valence-corrected chi connectivity index (χ4v) is 1.39. The van der Waals surface area contributed by atoms with Gasteiger partial charge < -0.3 is 14.8 Å². The fraction of sp³-hybridized carbons (Fsp3) is 0.417. The highest BCUT2D eigenvalue weighted by Gasteiger charge is 2.08. The van der Waals surface area contributed by atoms with Gasteiger partial charge in [-0.1, -0.05) is 0 Å². The lowest BCUT2D eigenvalue weighted by Crippen LogP contribution is -2.40. The molecule has 3 amide bonds. The predicted octanol–water partition coefficient (Wildman–Crippen LogP) is 0.903. The molecular weight excluding hydrogens is 252 g/mol. The number of carbonyl (C=O) groups is 3. The highest BCUT2D eigenvalue weighted by atomic mass is 16.4. The van der Waals surface area contributed by atoms with E-state index in [0.717, 1.165) is 5.76 Å². The van der Waals surface area contributed by atoms with Gasteiger partial charge in [0, 0.05) is 25.8 Å². The maximum atomic E-state index is 11.3. The normalized spacial score (nSPS) is 9.89. The maximum Gasteiger partial charge on any atom is 0.321 e. The van der Waals surface area contributed by atoms with Crippen molar-refractivity contribution >= 4 is 17.9 Å². The topological polar surface area (TPSA) is 109 Å². The predicted molar refractivity (Wildman–Crippen MR) is 65.4 cm³/mol. The van der Waals surface area contributed by atoms with Crippen LogP contribution in [0, 0.1) is 0 Å². The number of urea groups is 1. The molecule has 7 nitrogen and oxygen atoms in total. The number of amides is 3. The number of aliphatic carboxylic acids is 1. The van der Waals surface area contributed by atoms with Crippen LogP contribution in [0.25, 0.3) is 0 Å². The summed E-state index contributed by atoms with van der Waals surface area (Å²) in [5.74, 6) is -0.708. The van der Waals surface area contributed by atoms with Gasteiger partial charge in [0.2, 0.25) is 5.91 Å². The fourth-order valence-electron chi connectivity index (χ4n) is 1.39. The van der Waals surface area contributed by atoms with Gasteiger partial charge in [-0.25, -0.2) is 4.79 Å². The molecule has 3 N–H and O–H groups in total. The van der Waals surface area contributed by atoms with Gasteiger partial charge in [-0.3, -0.25) is 14.9 Å². The molecule has 19 heavy (non-hydrogen) atoms. The number of carboxylic acid groups (broad SMARTS) is 1. The number of carbonyl (C=O) groups excluding carboxylic acids is 2. The van der Waals surface area contributed by atoms with Crippen LogP contribution in [0.4, 0.5) is 4.79 Å². The average Bonchev–Trinajstić information content (AvgIpc) is 2.81. The van der Waals surface area contributed by atoms with Gasteiger partial charge in [-0.15, -0.1) is 0 Å². The van der Waals surface area contributed by atoms with Crippen molar-refractivity contribution in [2.45, 2.75) is 25.7 Å². The van der Waals surface area contributed by atoms with Crippen molar-refractivity contribution in [1.82, 2.24) is 10.6 Å². The molecule has 0 radical (unpaired) electrons. The number of hydrogen-bond acceptors (Lipinski definition) is 4. The molecule has 1 rings (SSSR count). The summed E-state index contributed by atoms with van der Waals surface area (Å²) in [4.78, 5) is 32.8. The third-order valence-electron chi connectivity index (χ3n) is 2.28. The third-order valence-corrected chi connectivity index (χ3v) is 2.28. The zero-order valence-corrected chi connectivity index (χ0v) is 10.3. The van der Waals surface area contributed by atoms with Gasteiger partial charge in [0.25, 0.3) is 0 Å². The van der Waals surface area contributed by atoms with E-state index in [1.807, 2.05) is 0 Å². The Morgan fingerprint density at radius 2 is 2.05 bits per heavy atom. The SMILES string of the molecule is O=C(O)CCCC(=O)NC(=O)NCCc1ccco1. The second-order valence-corrected chi connectivity index (χ2v) is 3.88. The minimum absolute atomic E-state index is 0.0118. The lowest BCUT2D eigenvalue weighted by molar-refractivity contribution is -0.137. The second kappa shape index (κ2) is 7.91. The zero-order chi connectivity index (χ0) is 14.1. The summed E-state index contributed by atoms with van der Waals surface area (Å²) >= 11 is 0. The maximum absolute atomic E-state index is 11.3. The van der Waals surface area contributed by atoms with Crippen LogP contribution in [0.3, 0.4) is 0 Å². The van der Waals surface area contributed by atoms with Gasteiger partial charge in [0.15, 0.2) is 0 Å². The second-order valence-electron chi connectivity index (χ2n) is 3.88. The number of nitrogens with one attached hydrogen (secondary N) is 2. The summed E-state index contributed by atoms with van der Waals surface area (Å²) < 4.78 is 5.08. The molecule has 7 heteroatoms. The monoisotopic (exact) mass is 268 g/mol. The molecule has 0 bridgehead atoms. The smallest absolute Gasteiger partial charge is 0.321 e. The largest absolute Gasteiger partial charge is 0.481 e. The lowest BCUT2D eigenvalue weighted by Gasteiger charge is -2.05. The van der Waals surface area contributed by atoms with E-state index in [1.165, 1.54) is 0 Å². The van der Waals surface area contributed by atoms with E-state index in [-0.39, 0.29) is 19.3 Å². The number of furan rings is 1. The number of hydrogen-bond donors (Lipinski definition) is 3. The molecule has 0 unspecified atom stereocenters. The van der Waals surface area contributed by atoms with Crippen LogP contribution in [0.5, 0.6) is 0 Å². The molecule has 104 valence electrons.